The van der Waals surface area contributed by atoms with Crippen molar-refractivity contribution in [3.63, 3.8) is 0 Å². The van der Waals surface area contributed by atoms with Gasteiger partial charge in [-0.3, -0.25) is 0 Å². The van der Waals surface area contributed by atoms with Gasteiger partial charge < -0.3 is 4.42 Å². The lowest BCUT2D eigenvalue weighted by Crippen LogP contribution is -2.00. The molecule has 0 atom stereocenters. The van der Waals surface area contributed by atoms with Crippen LogP contribution >= 0.6 is 0 Å². The summed E-state index contributed by atoms with van der Waals surface area (Å²) in [6.07, 6.45) is 0. The zero-order valence-electron chi connectivity index (χ0n) is 26.3. The second kappa shape index (κ2) is 11.0. The SMILES string of the molecule is c1ccc(-c2cc(-c3nc(-c4ccc5ccccc5c4)nc(-c4ccc5ccccc5c4)n3)cc3oc4c5ccccc5ccc4c23)cc1. The molecule has 4 nitrogen and oxygen atoms in total. The smallest absolute Gasteiger partial charge is 0.164 e. The molecule has 0 saturated heterocycles. The van der Waals surface area contributed by atoms with Crippen LogP contribution in [0.25, 0.3) is 99.5 Å². The van der Waals surface area contributed by atoms with Gasteiger partial charge in [0.2, 0.25) is 0 Å². The molecule has 0 aliphatic rings. The lowest BCUT2D eigenvalue weighted by molar-refractivity contribution is 0.673. The van der Waals surface area contributed by atoms with Crippen LogP contribution in [0.15, 0.2) is 168 Å². The molecular formula is C45H27N3O. The second-order valence-corrected chi connectivity index (χ2v) is 12.5. The van der Waals surface area contributed by atoms with E-state index in [1.807, 2.05) is 6.07 Å². The van der Waals surface area contributed by atoms with Crippen LogP contribution in [0, 0.1) is 0 Å². The molecular weight excluding hydrogens is 599 g/mol. The Bertz CT molecular complexity index is 2790. The molecule has 0 amide bonds. The topological polar surface area (TPSA) is 51.8 Å². The van der Waals surface area contributed by atoms with E-state index < -0.39 is 0 Å². The van der Waals surface area contributed by atoms with Gasteiger partial charge in [-0.2, -0.15) is 0 Å². The van der Waals surface area contributed by atoms with Gasteiger partial charge in [0, 0.05) is 32.8 Å². The fourth-order valence-electron chi connectivity index (χ4n) is 7.03. The summed E-state index contributed by atoms with van der Waals surface area (Å²) >= 11 is 0. The predicted molar refractivity (Wildman–Crippen MR) is 201 cm³/mol. The molecule has 0 N–H and O–H groups in total. The van der Waals surface area contributed by atoms with Gasteiger partial charge in [-0.15, -0.1) is 0 Å². The fourth-order valence-corrected chi connectivity index (χ4v) is 7.03. The minimum atomic E-state index is 0.589. The van der Waals surface area contributed by atoms with Gasteiger partial charge in [0.15, 0.2) is 17.5 Å². The first-order valence-electron chi connectivity index (χ1n) is 16.4. The van der Waals surface area contributed by atoms with Crippen LogP contribution in [-0.2, 0) is 0 Å². The van der Waals surface area contributed by atoms with Gasteiger partial charge in [0.05, 0.1) is 0 Å². The molecule has 49 heavy (non-hydrogen) atoms. The van der Waals surface area contributed by atoms with Crippen molar-refractivity contribution >= 4 is 54.3 Å². The number of aromatic nitrogens is 3. The second-order valence-electron chi connectivity index (χ2n) is 12.5. The zero-order chi connectivity index (χ0) is 32.3. The molecule has 0 fully saturated rings. The third-order valence-corrected chi connectivity index (χ3v) is 9.46. The average Bonchev–Trinajstić information content (AvgIpc) is 3.56. The largest absolute Gasteiger partial charge is 0.455 e. The van der Waals surface area contributed by atoms with E-state index in [1.54, 1.807) is 0 Å². The number of hydrogen-bond acceptors (Lipinski definition) is 4. The van der Waals surface area contributed by atoms with Crippen LogP contribution in [0.3, 0.4) is 0 Å². The van der Waals surface area contributed by atoms with E-state index in [-0.39, 0.29) is 0 Å². The van der Waals surface area contributed by atoms with Crippen molar-refractivity contribution in [3.8, 4) is 45.3 Å². The van der Waals surface area contributed by atoms with Crippen LogP contribution in [0.2, 0.25) is 0 Å². The van der Waals surface area contributed by atoms with E-state index in [1.165, 1.54) is 10.8 Å². The zero-order valence-corrected chi connectivity index (χ0v) is 26.3. The Kier molecular flexibility index (Phi) is 6.15. The first-order chi connectivity index (χ1) is 24.2. The predicted octanol–water partition coefficient (Wildman–Crippen LogP) is 11.9. The molecule has 10 aromatic rings. The van der Waals surface area contributed by atoms with Crippen molar-refractivity contribution in [2.45, 2.75) is 0 Å². The van der Waals surface area contributed by atoms with E-state index in [0.29, 0.717) is 17.5 Å². The van der Waals surface area contributed by atoms with Crippen molar-refractivity contribution in [1.29, 1.82) is 0 Å². The molecule has 2 aromatic heterocycles. The number of hydrogen-bond donors (Lipinski definition) is 0. The first kappa shape index (κ1) is 27.5. The third-order valence-electron chi connectivity index (χ3n) is 9.46. The quantitative estimate of drug-likeness (QED) is 0.195. The highest BCUT2D eigenvalue weighted by Crippen LogP contribution is 2.42. The maximum atomic E-state index is 6.74. The number of nitrogens with zero attached hydrogens (tertiary/aromatic N) is 3. The Morgan fingerprint density at radius 2 is 0.878 bits per heavy atom. The van der Waals surface area contributed by atoms with Gasteiger partial charge >= 0.3 is 0 Å². The molecule has 0 aliphatic heterocycles. The van der Waals surface area contributed by atoms with E-state index in [9.17, 15) is 0 Å². The molecule has 0 bridgehead atoms. The number of furan rings is 1. The molecule has 2 heterocycles. The maximum Gasteiger partial charge on any atom is 0.164 e. The standard InChI is InChI=1S/C45H27N3O/c1-2-12-30(13-3-1)39-26-36(27-40-41(39)38-23-22-31-14-8-9-17-37(31)42(38)49-40)45-47-43(34-20-18-28-10-4-6-15-32(28)24-34)46-44(48-45)35-21-19-29-11-5-7-16-33(29)25-35/h1-27H. The molecule has 228 valence electrons. The van der Waals surface area contributed by atoms with Crippen molar-refractivity contribution in [2.75, 3.05) is 0 Å². The molecule has 0 aliphatic carbocycles. The summed E-state index contributed by atoms with van der Waals surface area (Å²) in [5, 5.41) is 9.02. The summed E-state index contributed by atoms with van der Waals surface area (Å²) in [5.41, 5.74) is 6.58. The summed E-state index contributed by atoms with van der Waals surface area (Å²) in [6, 6.07) is 56.9. The molecule has 4 heteroatoms. The van der Waals surface area contributed by atoms with Crippen molar-refractivity contribution in [2.24, 2.45) is 0 Å². The van der Waals surface area contributed by atoms with Crippen molar-refractivity contribution in [1.82, 2.24) is 15.0 Å². The van der Waals surface area contributed by atoms with Gasteiger partial charge in [-0.25, -0.2) is 15.0 Å². The van der Waals surface area contributed by atoms with E-state index in [2.05, 4.69) is 158 Å². The minimum Gasteiger partial charge on any atom is -0.455 e. The van der Waals surface area contributed by atoms with Gasteiger partial charge in [-0.05, 0) is 68.4 Å². The normalized spacial score (nSPS) is 11.7. The molecule has 0 spiro atoms. The summed E-state index contributed by atoms with van der Waals surface area (Å²) in [6.45, 7) is 0. The van der Waals surface area contributed by atoms with E-state index in [0.717, 1.165) is 71.3 Å². The van der Waals surface area contributed by atoms with Crippen molar-refractivity contribution < 1.29 is 4.42 Å². The Morgan fingerprint density at radius 1 is 0.347 bits per heavy atom. The lowest BCUT2D eigenvalue weighted by atomic mass is 9.96. The van der Waals surface area contributed by atoms with Crippen LogP contribution in [0.4, 0.5) is 0 Å². The van der Waals surface area contributed by atoms with E-state index in [4.69, 9.17) is 19.4 Å². The minimum absolute atomic E-state index is 0.589. The number of fused-ring (bicyclic) bond motifs is 7. The molecule has 0 saturated carbocycles. The Labute approximate surface area is 282 Å². The van der Waals surface area contributed by atoms with Crippen LogP contribution in [-0.4, -0.2) is 15.0 Å². The van der Waals surface area contributed by atoms with Crippen molar-refractivity contribution in [3.05, 3.63) is 164 Å². The van der Waals surface area contributed by atoms with Gasteiger partial charge in [-0.1, -0.05) is 133 Å². The van der Waals surface area contributed by atoms with Gasteiger partial charge in [0.1, 0.15) is 11.2 Å². The summed E-state index contributed by atoms with van der Waals surface area (Å²) in [5.74, 6) is 1.83. The molecule has 0 radical (unpaired) electrons. The summed E-state index contributed by atoms with van der Waals surface area (Å²) in [7, 11) is 0. The number of rotatable bonds is 4. The molecule has 10 rings (SSSR count). The Morgan fingerprint density at radius 3 is 1.53 bits per heavy atom. The monoisotopic (exact) mass is 625 g/mol. The lowest BCUT2D eigenvalue weighted by Gasteiger charge is -2.11. The van der Waals surface area contributed by atoms with Gasteiger partial charge in [0.25, 0.3) is 0 Å². The maximum absolute atomic E-state index is 6.74. The molecule has 8 aromatic carbocycles. The summed E-state index contributed by atoms with van der Waals surface area (Å²) in [4.78, 5) is 15.4. The van der Waals surface area contributed by atoms with Crippen LogP contribution in [0.1, 0.15) is 0 Å². The Balaban J connectivity index is 1.25. The van der Waals surface area contributed by atoms with Crippen LogP contribution < -0.4 is 0 Å². The average molecular weight is 626 g/mol. The summed E-state index contributed by atoms with van der Waals surface area (Å²) < 4.78 is 6.74. The number of benzene rings is 8. The van der Waals surface area contributed by atoms with Crippen LogP contribution in [0.5, 0.6) is 0 Å². The first-order valence-corrected chi connectivity index (χ1v) is 16.4. The fraction of sp³-hybridized carbons (Fsp3) is 0. The Hall–Kier alpha value is -6.65. The highest BCUT2D eigenvalue weighted by atomic mass is 16.3. The van der Waals surface area contributed by atoms with E-state index >= 15 is 0 Å². The highest BCUT2D eigenvalue weighted by molar-refractivity contribution is 6.19. The highest BCUT2D eigenvalue weighted by Gasteiger charge is 2.20. The third kappa shape index (κ3) is 4.65. The molecule has 0 unspecified atom stereocenters.